The summed E-state index contributed by atoms with van der Waals surface area (Å²) >= 11 is 0. The summed E-state index contributed by atoms with van der Waals surface area (Å²) in [6, 6.07) is 0. The minimum absolute atomic E-state index is 0.0532. The van der Waals surface area contributed by atoms with Crippen LogP contribution in [-0.2, 0) is 13.6 Å². The summed E-state index contributed by atoms with van der Waals surface area (Å²) in [5, 5.41) is 0.306. The smallest absolute Gasteiger partial charge is 0.192 e. The summed E-state index contributed by atoms with van der Waals surface area (Å²) in [5.74, 6) is 0.285. The fourth-order valence-corrected chi connectivity index (χ4v) is 4.83. The predicted molar refractivity (Wildman–Crippen MR) is 98.4 cm³/mol. The van der Waals surface area contributed by atoms with Crippen molar-refractivity contribution < 1.29 is 13.6 Å². The first-order valence-corrected chi connectivity index (χ1v) is 14.3. The fraction of sp³-hybridized carbons (Fsp3) is 0.941. The molecule has 0 aromatic rings. The van der Waals surface area contributed by atoms with Crippen molar-refractivity contribution in [2.75, 3.05) is 0 Å². The largest absolute Gasteiger partial charge is 0.411 e. The second kappa shape index (κ2) is 6.15. The second-order valence-corrected chi connectivity index (χ2v) is 19.3. The van der Waals surface area contributed by atoms with Gasteiger partial charge in [-0.2, -0.15) is 0 Å². The van der Waals surface area contributed by atoms with Crippen molar-refractivity contribution in [3.05, 3.63) is 0 Å². The SMILES string of the molecule is CC(C)(C)[Si](C)(C)O[C@H]1CC(=O)C[C@@H]1O[Si](C)(C)C(C)(C)C. The van der Waals surface area contributed by atoms with Crippen LogP contribution in [0.25, 0.3) is 0 Å². The highest BCUT2D eigenvalue weighted by molar-refractivity contribution is 6.74. The van der Waals surface area contributed by atoms with E-state index in [1.807, 2.05) is 0 Å². The van der Waals surface area contributed by atoms with E-state index < -0.39 is 16.6 Å². The summed E-state index contributed by atoms with van der Waals surface area (Å²) in [6.07, 6.45) is 0.933. The molecule has 1 fully saturated rings. The van der Waals surface area contributed by atoms with E-state index in [9.17, 15) is 4.79 Å². The van der Waals surface area contributed by atoms with Crippen molar-refractivity contribution in [3.63, 3.8) is 0 Å². The molecule has 0 aromatic carbocycles. The van der Waals surface area contributed by atoms with Crippen LogP contribution in [0.2, 0.25) is 36.3 Å². The van der Waals surface area contributed by atoms with E-state index in [1.165, 1.54) is 0 Å². The minimum atomic E-state index is -1.88. The van der Waals surface area contributed by atoms with Gasteiger partial charge in [0, 0.05) is 12.8 Å². The molecule has 130 valence electrons. The lowest BCUT2D eigenvalue weighted by Crippen LogP contribution is -2.50. The molecule has 1 aliphatic carbocycles. The maximum Gasteiger partial charge on any atom is 0.192 e. The van der Waals surface area contributed by atoms with Gasteiger partial charge in [-0.3, -0.25) is 4.79 Å². The lowest BCUT2D eigenvalue weighted by atomic mass is 10.2. The third kappa shape index (κ3) is 4.52. The van der Waals surface area contributed by atoms with Gasteiger partial charge in [-0.15, -0.1) is 0 Å². The van der Waals surface area contributed by atoms with Crippen LogP contribution < -0.4 is 0 Å². The van der Waals surface area contributed by atoms with Crippen LogP contribution in [0.4, 0.5) is 0 Å². The highest BCUT2D eigenvalue weighted by atomic mass is 28.4. The van der Waals surface area contributed by atoms with Gasteiger partial charge < -0.3 is 8.85 Å². The van der Waals surface area contributed by atoms with Gasteiger partial charge in [-0.05, 0) is 36.3 Å². The molecule has 0 aromatic heterocycles. The van der Waals surface area contributed by atoms with E-state index in [0.29, 0.717) is 12.8 Å². The summed E-state index contributed by atoms with van der Waals surface area (Å²) in [4.78, 5) is 12.0. The molecule has 0 N–H and O–H groups in total. The van der Waals surface area contributed by atoms with E-state index in [1.54, 1.807) is 0 Å². The van der Waals surface area contributed by atoms with Crippen molar-refractivity contribution >= 4 is 22.4 Å². The highest BCUT2D eigenvalue weighted by Crippen LogP contribution is 2.42. The Balaban J connectivity index is 2.89. The van der Waals surface area contributed by atoms with Gasteiger partial charge in [0.15, 0.2) is 16.6 Å². The molecule has 2 atom stereocenters. The lowest BCUT2D eigenvalue weighted by molar-refractivity contribution is -0.118. The molecule has 1 saturated carbocycles. The third-order valence-corrected chi connectivity index (χ3v) is 14.8. The summed E-state index contributed by atoms with van der Waals surface area (Å²) < 4.78 is 13.0. The van der Waals surface area contributed by atoms with Gasteiger partial charge in [0.05, 0.1) is 12.2 Å². The van der Waals surface area contributed by atoms with E-state index in [4.69, 9.17) is 8.85 Å². The molecule has 0 unspecified atom stereocenters. The highest BCUT2D eigenvalue weighted by Gasteiger charge is 2.47. The Hall–Kier alpha value is 0.0238. The zero-order valence-corrected chi connectivity index (χ0v) is 18.3. The van der Waals surface area contributed by atoms with Gasteiger partial charge in [0.2, 0.25) is 0 Å². The van der Waals surface area contributed by atoms with Gasteiger partial charge in [-0.1, -0.05) is 41.5 Å². The Labute approximate surface area is 139 Å². The Morgan fingerprint density at radius 2 is 1.05 bits per heavy atom. The van der Waals surface area contributed by atoms with E-state index in [2.05, 4.69) is 67.7 Å². The van der Waals surface area contributed by atoms with Crippen molar-refractivity contribution in [2.45, 2.75) is 103 Å². The Bertz CT molecular complexity index is 379. The van der Waals surface area contributed by atoms with Crippen LogP contribution >= 0.6 is 0 Å². The van der Waals surface area contributed by atoms with Crippen molar-refractivity contribution in [2.24, 2.45) is 0 Å². The van der Waals surface area contributed by atoms with Gasteiger partial charge in [0.1, 0.15) is 5.78 Å². The topological polar surface area (TPSA) is 35.5 Å². The van der Waals surface area contributed by atoms with Crippen LogP contribution in [0.1, 0.15) is 54.4 Å². The van der Waals surface area contributed by atoms with Gasteiger partial charge in [0.25, 0.3) is 0 Å². The van der Waals surface area contributed by atoms with Crippen LogP contribution in [0.3, 0.4) is 0 Å². The normalized spacial score (nSPS) is 24.9. The van der Waals surface area contributed by atoms with Crippen molar-refractivity contribution in [3.8, 4) is 0 Å². The quantitative estimate of drug-likeness (QED) is 0.663. The summed E-state index contributed by atoms with van der Waals surface area (Å²) in [6.45, 7) is 22.4. The molecule has 1 aliphatic rings. The molecule has 0 saturated heterocycles. The van der Waals surface area contributed by atoms with E-state index in [-0.39, 0.29) is 28.1 Å². The maximum atomic E-state index is 12.0. The number of Topliss-reactive ketones (excluding diaryl/α,β-unsaturated/α-hetero) is 1. The zero-order valence-electron chi connectivity index (χ0n) is 16.3. The van der Waals surface area contributed by atoms with Crippen LogP contribution in [0.5, 0.6) is 0 Å². The first-order chi connectivity index (χ1) is 9.57. The second-order valence-electron chi connectivity index (χ2n) is 9.78. The number of carbonyl (C=O) groups excluding carboxylic acids is 1. The van der Waals surface area contributed by atoms with Crippen LogP contribution in [-0.4, -0.2) is 34.6 Å². The Kier molecular flexibility index (Phi) is 5.61. The first kappa shape index (κ1) is 20.1. The third-order valence-electron chi connectivity index (χ3n) is 5.78. The number of hydrogen-bond acceptors (Lipinski definition) is 3. The van der Waals surface area contributed by atoms with Crippen LogP contribution in [0, 0.1) is 0 Å². The summed E-state index contributed by atoms with van der Waals surface area (Å²) in [7, 11) is -3.76. The fourth-order valence-electron chi connectivity index (χ4n) is 2.14. The molecule has 0 amide bonds. The molecule has 3 nitrogen and oxygen atoms in total. The van der Waals surface area contributed by atoms with Gasteiger partial charge in [-0.25, -0.2) is 0 Å². The number of hydrogen-bond donors (Lipinski definition) is 0. The molecule has 0 bridgehead atoms. The molecular formula is C17H36O3Si2. The molecule has 0 heterocycles. The average Bonchev–Trinajstić information content (AvgIpc) is 2.53. The zero-order chi connectivity index (χ0) is 17.6. The molecule has 0 aliphatic heterocycles. The van der Waals surface area contributed by atoms with Crippen LogP contribution in [0.15, 0.2) is 0 Å². The Morgan fingerprint density at radius 3 is 1.27 bits per heavy atom. The first-order valence-electron chi connectivity index (χ1n) is 8.44. The minimum Gasteiger partial charge on any atom is -0.411 e. The molecule has 0 spiro atoms. The number of rotatable bonds is 4. The number of ketones is 1. The molecule has 1 rings (SSSR count). The van der Waals surface area contributed by atoms with Gasteiger partial charge >= 0.3 is 0 Å². The molecule has 0 radical (unpaired) electrons. The lowest BCUT2D eigenvalue weighted by Gasteiger charge is -2.43. The maximum absolute atomic E-state index is 12.0. The van der Waals surface area contributed by atoms with E-state index in [0.717, 1.165) is 0 Å². The predicted octanol–water partition coefficient (Wildman–Crippen LogP) is 5.13. The average molecular weight is 345 g/mol. The monoisotopic (exact) mass is 344 g/mol. The molecular weight excluding hydrogens is 308 g/mol. The van der Waals surface area contributed by atoms with Crippen molar-refractivity contribution in [1.82, 2.24) is 0 Å². The Morgan fingerprint density at radius 1 is 0.773 bits per heavy atom. The summed E-state index contributed by atoms with van der Waals surface area (Å²) in [5.41, 5.74) is 0. The van der Waals surface area contributed by atoms with Crippen molar-refractivity contribution in [1.29, 1.82) is 0 Å². The van der Waals surface area contributed by atoms with E-state index >= 15 is 0 Å². The molecule has 22 heavy (non-hydrogen) atoms. The standard InChI is InChI=1S/C17H36O3Si2/c1-16(2,3)21(7,8)19-14-11-13(18)12-15(14)20-22(9,10)17(4,5)6/h14-15H,11-12H2,1-10H3/t14-,15-/m0/s1. The molecule has 5 heteroatoms. The number of carbonyl (C=O) groups is 1.